The molecular formula is C27H37FN4O4S. The standard InChI is InChI=1S/C27H37FN4O4S/c1-20-7-5-15-31(19-20)16-6-14-29-27(33)23-12-17-32(18-13-23)37(34,35)26-21(2)30-36-25(26)11-10-22-8-3-4-9-24(22)28/h3-4,8-11,20,23H,5-7,12-19H2,1-2H3,(H,29,33). The first-order valence-corrected chi connectivity index (χ1v) is 14.6. The van der Waals surface area contributed by atoms with Crippen LogP contribution < -0.4 is 5.32 Å². The molecule has 10 heteroatoms. The number of carbonyl (C=O) groups is 1. The van der Waals surface area contributed by atoms with Gasteiger partial charge in [0.15, 0.2) is 10.7 Å². The highest BCUT2D eigenvalue weighted by Crippen LogP contribution is 2.29. The van der Waals surface area contributed by atoms with Crippen LogP contribution in [0.5, 0.6) is 0 Å². The highest BCUT2D eigenvalue weighted by atomic mass is 32.2. The van der Waals surface area contributed by atoms with Crippen LogP contribution in [0, 0.1) is 24.6 Å². The zero-order chi connectivity index (χ0) is 26.4. The van der Waals surface area contributed by atoms with Crippen molar-refractivity contribution in [2.24, 2.45) is 11.8 Å². The molecule has 1 aromatic heterocycles. The predicted octanol–water partition coefficient (Wildman–Crippen LogP) is 3.93. The maximum absolute atomic E-state index is 14.0. The lowest BCUT2D eigenvalue weighted by Crippen LogP contribution is -2.43. The molecule has 0 bridgehead atoms. The van der Waals surface area contributed by atoms with Crippen molar-refractivity contribution in [1.82, 2.24) is 19.7 Å². The van der Waals surface area contributed by atoms with Gasteiger partial charge in [0.05, 0.1) is 0 Å². The Balaban J connectivity index is 1.30. The highest BCUT2D eigenvalue weighted by molar-refractivity contribution is 7.89. The van der Waals surface area contributed by atoms with E-state index in [-0.39, 0.29) is 41.3 Å². The number of benzene rings is 1. The zero-order valence-electron chi connectivity index (χ0n) is 21.7. The summed E-state index contributed by atoms with van der Waals surface area (Å²) in [5, 5.41) is 6.88. The van der Waals surface area contributed by atoms with Gasteiger partial charge in [0, 0.05) is 37.7 Å². The van der Waals surface area contributed by atoms with E-state index in [1.807, 2.05) is 0 Å². The summed E-state index contributed by atoms with van der Waals surface area (Å²) in [6.45, 7) is 8.24. The van der Waals surface area contributed by atoms with Crippen LogP contribution >= 0.6 is 0 Å². The molecule has 2 aliphatic rings. The number of piperidine rings is 2. The maximum Gasteiger partial charge on any atom is 0.248 e. The molecular weight excluding hydrogens is 495 g/mol. The Kier molecular flexibility index (Phi) is 9.15. The van der Waals surface area contributed by atoms with Gasteiger partial charge in [-0.2, -0.15) is 4.31 Å². The number of nitrogens with zero attached hydrogens (tertiary/aromatic N) is 3. The lowest BCUT2D eigenvalue weighted by atomic mass is 9.97. The van der Waals surface area contributed by atoms with Crippen LogP contribution in [0.1, 0.15) is 56.0 Å². The molecule has 1 unspecified atom stereocenters. The predicted molar refractivity (Wildman–Crippen MR) is 141 cm³/mol. The van der Waals surface area contributed by atoms with Gasteiger partial charge in [-0.15, -0.1) is 0 Å². The van der Waals surface area contributed by atoms with Crippen LogP contribution in [0.15, 0.2) is 33.7 Å². The van der Waals surface area contributed by atoms with Crippen molar-refractivity contribution in [2.45, 2.75) is 50.8 Å². The van der Waals surface area contributed by atoms with Gasteiger partial charge in [0.25, 0.3) is 0 Å². The van der Waals surface area contributed by atoms with Gasteiger partial charge < -0.3 is 14.7 Å². The van der Waals surface area contributed by atoms with E-state index in [1.54, 1.807) is 25.1 Å². The van der Waals surface area contributed by atoms with Gasteiger partial charge in [-0.05, 0) is 76.3 Å². The number of halogens is 1. The molecule has 8 nitrogen and oxygen atoms in total. The van der Waals surface area contributed by atoms with Crippen molar-refractivity contribution in [3.63, 3.8) is 0 Å². The fourth-order valence-corrected chi connectivity index (χ4v) is 6.93. The quantitative estimate of drug-likeness (QED) is 0.492. The summed E-state index contributed by atoms with van der Waals surface area (Å²) in [5.74, 6) is 0.180. The number of nitrogens with one attached hydrogen (secondary N) is 1. The Morgan fingerprint density at radius 2 is 1.95 bits per heavy atom. The van der Waals surface area contributed by atoms with Crippen molar-refractivity contribution in [2.75, 3.05) is 39.3 Å². The first kappa shape index (κ1) is 27.5. The molecule has 0 spiro atoms. The van der Waals surface area contributed by atoms with Gasteiger partial charge in [-0.1, -0.05) is 30.3 Å². The van der Waals surface area contributed by atoms with Crippen molar-refractivity contribution in [3.05, 3.63) is 47.1 Å². The molecule has 0 saturated carbocycles. The van der Waals surface area contributed by atoms with Crippen LogP contribution in [0.3, 0.4) is 0 Å². The van der Waals surface area contributed by atoms with Crippen molar-refractivity contribution >= 4 is 28.1 Å². The number of hydrogen-bond acceptors (Lipinski definition) is 6. The third-order valence-corrected chi connectivity index (χ3v) is 9.32. The average Bonchev–Trinajstić information content (AvgIpc) is 3.27. The average molecular weight is 533 g/mol. The van der Waals surface area contributed by atoms with Crippen LogP contribution in [0.4, 0.5) is 4.39 Å². The topological polar surface area (TPSA) is 95.8 Å². The molecule has 0 aliphatic carbocycles. The Labute approximate surface area is 218 Å². The summed E-state index contributed by atoms with van der Waals surface area (Å²) >= 11 is 0. The number of amides is 1. The van der Waals surface area contributed by atoms with Gasteiger partial charge in [-0.3, -0.25) is 4.79 Å². The zero-order valence-corrected chi connectivity index (χ0v) is 22.5. The number of hydrogen-bond donors (Lipinski definition) is 1. The number of aryl methyl sites for hydroxylation is 1. The maximum atomic E-state index is 14.0. The monoisotopic (exact) mass is 532 g/mol. The molecule has 2 saturated heterocycles. The summed E-state index contributed by atoms with van der Waals surface area (Å²) < 4.78 is 47.5. The highest BCUT2D eigenvalue weighted by Gasteiger charge is 2.35. The smallest absolute Gasteiger partial charge is 0.248 e. The number of likely N-dealkylation sites (tertiary alicyclic amines) is 1. The molecule has 1 atom stereocenters. The second-order valence-electron chi connectivity index (χ2n) is 10.2. The molecule has 1 N–H and O–H groups in total. The number of aromatic nitrogens is 1. The Hall–Kier alpha value is -2.56. The number of sulfonamides is 1. The van der Waals surface area contributed by atoms with Gasteiger partial charge >= 0.3 is 0 Å². The summed E-state index contributed by atoms with van der Waals surface area (Å²) in [6, 6.07) is 6.20. The summed E-state index contributed by atoms with van der Waals surface area (Å²) in [7, 11) is -3.89. The van der Waals surface area contributed by atoms with Crippen LogP contribution in [-0.2, 0) is 14.8 Å². The summed E-state index contributed by atoms with van der Waals surface area (Å²) in [4.78, 5) is 15.1. The molecule has 2 aromatic rings. The van der Waals surface area contributed by atoms with E-state index in [4.69, 9.17) is 4.52 Å². The first-order valence-electron chi connectivity index (χ1n) is 13.1. The molecule has 3 heterocycles. The number of carbonyl (C=O) groups excluding carboxylic acids is 1. The Morgan fingerprint density at radius 1 is 1.19 bits per heavy atom. The van der Waals surface area contributed by atoms with E-state index in [0.29, 0.717) is 24.9 Å². The van der Waals surface area contributed by atoms with Crippen LogP contribution in [0.2, 0.25) is 0 Å². The Morgan fingerprint density at radius 3 is 2.68 bits per heavy atom. The normalized spacial score (nSPS) is 20.5. The van der Waals surface area contributed by atoms with E-state index in [1.165, 1.54) is 35.4 Å². The van der Waals surface area contributed by atoms with Crippen LogP contribution in [-0.4, -0.2) is 68.0 Å². The second kappa shape index (κ2) is 12.3. The third-order valence-electron chi connectivity index (χ3n) is 7.27. The summed E-state index contributed by atoms with van der Waals surface area (Å²) in [5.41, 5.74) is 0.563. The Bertz CT molecular complexity index is 1200. The van der Waals surface area contributed by atoms with Gasteiger partial charge in [-0.25, -0.2) is 12.8 Å². The van der Waals surface area contributed by atoms with E-state index in [0.717, 1.165) is 32.0 Å². The minimum atomic E-state index is -3.89. The number of rotatable bonds is 9. The summed E-state index contributed by atoms with van der Waals surface area (Å²) in [6.07, 6.45) is 7.27. The van der Waals surface area contributed by atoms with E-state index in [2.05, 4.69) is 22.3 Å². The lowest BCUT2D eigenvalue weighted by Gasteiger charge is -2.31. The molecule has 1 amide bonds. The minimum Gasteiger partial charge on any atom is -0.356 e. The van der Waals surface area contributed by atoms with Crippen molar-refractivity contribution in [1.29, 1.82) is 0 Å². The molecule has 0 radical (unpaired) electrons. The SMILES string of the molecule is Cc1noc(C=Cc2ccccc2F)c1S(=O)(=O)N1CCC(C(=O)NCCCN2CCCC(C)C2)CC1. The van der Waals surface area contributed by atoms with Crippen molar-refractivity contribution in [3.8, 4) is 0 Å². The fraction of sp³-hybridized carbons (Fsp3) is 0.556. The third kappa shape index (κ3) is 6.86. The molecule has 2 aliphatic heterocycles. The first-order chi connectivity index (χ1) is 17.8. The van der Waals surface area contributed by atoms with Gasteiger partial charge in [0.2, 0.25) is 15.9 Å². The van der Waals surface area contributed by atoms with E-state index in [9.17, 15) is 17.6 Å². The van der Waals surface area contributed by atoms with E-state index < -0.39 is 15.8 Å². The van der Waals surface area contributed by atoms with Crippen LogP contribution in [0.25, 0.3) is 12.2 Å². The molecule has 202 valence electrons. The lowest BCUT2D eigenvalue weighted by molar-refractivity contribution is -0.126. The van der Waals surface area contributed by atoms with Gasteiger partial charge in [0.1, 0.15) is 11.5 Å². The largest absolute Gasteiger partial charge is 0.356 e. The fourth-order valence-electron chi connectivity index (χ4n) is 5.21. The van der Waals surface area contributed by atoms with Crippen molar-refractivity contribution < 1.29 is 22.1 Å². The molecule has 4 rings (SSSR count). The minimum absolute atomic E-state index is 0.00118. The molecule has 2 fully saturated rings. The van der Waals surface area contributed by atoms with E-state index >= 15 is 0 Å². The molecule has 1 aromatic carbocycles. The second-order valence-corrected chi connectivity index (χ2v) is 12.1. The molecule has 37 heavy (non-hydrogen) atoms.